The Hall–Kier alpha value is -15.3. The standard InChI is InChI=1S/C40H25N5.C34H21IN4O.C28H18N4/c1-7-19-32-26(13-1)27-14-2-8-20-33(27)43(32)38-25-39(44-34-21-9-3-15-28(34)29-16-4-10-22-35(29)44)42-40(41-38)45-36-23-11-5-17-30(36)31-18-6-12-24-37(31)45;35-22-17-19-23(20-18-22)40-33-21-32(38-28-13-5-1-9-24(28)25-10-2-6-14-29(25)38)36-34(37-33)39-30-15-7-3-11-26(30)27-12-4-8-16-31(27)39;1-5-13-23-19(9-1)20-10-2-6-14-24(20)31(23)27-17-18-28(30-29-27)32-25-15-7-3-11-21(25)22-12-4-8-16-26(22)32/h1-25H;1-21H;1-18H. The Balaban J connectivity index is 0.000000105. The summed E-state index contributed by atoms with van der Waals surface area (Å²) >= 11 is 2.30. The van der Waals surface area contributed by atoms with Crippen molar-refractivity contribution in [1.29, 1.82) is 0 Å². The first-order valence-electron chi connectivity index (χ1n) is 38.9. The van der Waals surface area contributed by atoms with Gasteiger partial charge >= 0.3 is 0 Å². The van der Waals surface area contributed by atoms with E-state index in [9.17, 15) is 0 Å². The molecule has 0 atom stereocenters. The van der Waals surface area contributed by atoms with Crippen LogP contribution < -0.4 is 4.74 Å². The molecule has 550 valence electrons. The molecular weight excluding hydrogens is 1550 g/mol. The minimum absolute atomic E-state index is 0.477. The molecule has 0 N–H and O–H groups in total. The number of hydrogen-bond acceptors (Lipinski definition) is 7. The summed E-state index contributed by atoms with van der Waals surface area (Å²) in [5, 5.41) is 26.1. The smallest absolute Gasteiger partial charge is 0.239 e. The summed E-state index contributed by atoms with van der Waals surface area (Å²) in [6.45, 7) is 0. The Labute approximate surface area is 681 Å². The third kappa shape index (κ3) is 11.0. The summed E-state index contributed by atoms with van der Waals surface area (Å²) in [5.41, 5.74) is 15.4. The molecule has 0 aliphatic carbocycles. The molecule has 0 radical (unpaired) electrons. The Bertz CT molecular complexity index is 7330. The SMILES string of the molecule is Ic1ccc(Oc2cc(-n3c4ccccc4c4ccccc43)nc(-n3c4ccccc4c4ccccc43)n2)cc1.c1ccc2c(c1)c1ccccc1n2-c1cc(-n2c3ccccc3c3ccccc32)nc(-n2c3ccccc3c3ccccc32)n1.c1ccc2c(c1)c1ccccc1n2-c1ccc(-n2c3ccccc3c3ccccc32)nn1. The highest BCUT2D eigenvalue weighted by molar-refractivity contribution is 14.1. The maximum absolute atomic E-state index is 6.38. The van der Waals surface area contributed by atoms with Gasteiger partial charge in [-0.1, -0.05) is 255 Å². The van der Waals surface area contributed by atoms with Gasteiger partial charge in [0.25, 0.3) is 0 Å². The number of aromatic nitrogens is 13. The highest BCUT2D eigenvalue weighted by Gasteiger charge is 2.25. The van der Waals surface area contributed by atoms with Crippen LogP contribution in [0.1, 0.15) is 0 Å². The van der Waals surface area contributed by atoms with Gasteiger partial charge < -0.3 is 4.74 Å². The lowest BCUT2D eigenvalue weighted by molar-refractivity contribution is 0.460. The molecule has 25 rings (SSSR count). The van der Waals surface area contributed by atoms with Crippen LogP contribution in [0.4, 0.5) is 0 Å². The van der Waals surface area contributed by atoms with Gasteiger partial charge in [0.05, 0.1) is 77.2 Å². The van der Waals surface area contributed by atoms with Crippen LogP contribution in [0.5, 0.6) is 11.6 Å². The van der Waals surface area contributed by atoms with Gasteiger partial charge in [-0.05, 0) is 144 Å². The lowest BCUT2D eigenvalue weighted by atomic mass is 10.2. The third-order valence-electron chi connectivity index (χ3n) is 22.6. The van der Waals surface area contributed by atoms with Crippen LogP contribution in [0.2, 0.25) is 0 Å². The molecule has 0 fully saturated rings. The number of nitrogens with zero attached hydrogens (tertiary/aromatic N) is 13. The van der Waals surface area contributed by atoms with Crippen molar-refractivity contribution in [3.8, 4) is 52.6 Å². The van der Waals surface area contributed by atoms with Crippen LogP contribution in [-0.4, -0.2) is 62.1 Å². The second-order valence-electron chi connectivity index (χ2n) is 29.1. The number of rotatable bonds is 9. The first kappa shape index (κ1) is 67.4. The van der Waals surface area contributed by atoms with Gasteiger partial charge in [0.1, 0.15) is 23.2 Å². The van der Waals surface area contributed by atoms with Crippen LogP contribution in [0.25, 0.3) is 194 Å². The lowest BCUT2D eigenvalue weighted by Crippen LogP contribution is -2.10. The fourth-order valence-electron chi connectivity index (χ4n) is 17.7. The van der Waals surface area contributed by atoms with Gasteiger partial charge in [0.15, 0.2) is 11.6 Å². The van der Waals surface area contributed by atoms with E-state index in [2.05, 4.69) is 423 Å². The number of halogens is 1. The minimum atomic E-state index is 0.477. The number of hydrogen-bond donors (Lipinski definition) is 0. The number of benzene rings is 15. The van der Waals surface area contributed by atoms with Gasteiger partial charge in [-0.3, -0.25) is 32.0 Å². The van der Waals surface area contributed by atoms with Crippen LogP contribution >= 0.6 is 22.6 Å². The Morgan fingerprint density at radius 2 is 0.368 bits per heavy atom. The van der Waals surface area contributed by atoms with E-state index in [4.69, 9.17) is 24.7 Å². The van der Waals surface area contributed by atoms with Crippen molar-refractivity contribution in [1.82, 2.24) is 62.1 Å². The largest absolute Gasteiger partial charge is 0.439 e. The van der Waals surface area contributed by atoms with Crippen LogP contribution in [0, 0.1) is 3.57 Å². The zero-order valence-electron chi connectivity index (χ0n) is 62.6. The third-order valence-corrected chi connectivity index (χ3v) is 23.4. The van der Waals surface area contributed by atoms with E-state index >= 15 is 0 Å². The summed E-state index contributed by atoms with van der Waals surface area (Å²) < 4.78 is 23.0. The molecule has 14 nitrogen and oxygen atoms in total. The molecule has 117 heavy (non-hydrogen) atoms. The molecule has 15 heteroatoms. The minimum Gasteiger partial charge on any atom is -0.439 e. The first-order valence-corrected chi connectivity index (χ1v) is 40.0. The molecule has 0 bridgehead atoms. The van der Waals surface area contributed by atoms with Gasteiger partial charge in [0, 0.05) is 91.1 Å². The molecular formula is C102H64IN13O. The van der Waals surface area contributed by atoms with Gasteiger partial charge in [-0.25, -0.2) is 0 Å². The number of ether oxygens (including phenoxy) is 1. The Kier molecular flexibility index (Phi) is 15.8. The fraction of sp³-hybridized carbons (Fsp3) is 0. The second-order valence-corrected chi connectivity index (χ2v) is 30.4. The van der Waals surface area contributed by atoms with Crippen molar-refractivity contribution >= 4 is 175 Å². The molecule has 0 saturated heterocycles. The molecule has 0 saturated carbocycles. The van der Waals surface area contributed by atoms with Crippen molar-refractivity contribution in [2.24, 2.45) is 0 Å². The Morgan fingerprint density at radius 3 is 0.590 bits per heavy atom. The second kappa shape index (κ2) is 27.5. The summed E-state index contributed by atoms with van der Waals surface area (Å²) in [5.74, 6) is 6.38. The maximum atomic E-state index is 6.38. The van der Waals surface area contributed by atoms with Crippen molar-refractivity contribution in [2.45, 2.75) is 0 Å². The maximum Gasteiger partial charge on any atom is 0.239 e. The van der Waals surface area contributed by atoms with Gasteiger partial charge in [0.2, 0.25) is 17.8 Å². The van der Waals surface area contributed by atoms with E-state index in [1.807, 2.05) is 30.3 Å². The molecule has 25 aromatic rings. The zero-order valence-corrected chi connectivity index (χ0v) is 64.7. The normalized spacial score (nSPS) is 11.8. The fourth-order valence-corrected chi connectivity index (χ4v) is 18.1. The molecule has 0 aliphatic rings. The monoisotopic (exact) mass is 1610 g/mol. The van der Waals surface area contributed by atoms with Gasteiger partial charge in [-0.15, -0.1) is 10.2 Å². The summed E-state index contributed by atoms with van der Waals surface area (Å²) in [6.07, 6.45) is 0. The lowest BCUT2D eigenvalue weighted by Gasteiger charge is -2.15. The average Bonchev–Trinajstić information content (AvgIpc) is 1.58. The molecule has 0 spiro atoms. The van der Waals surface area contributed by atoms with Gasteiger partial charge in [-0.2, -0.15) is 19.9 Å². The van der Waals surface area contributed by atoms with Crippen molar-refractivity contribution in [2.75, 3.05) is 0 Å². The highest BCUT2D eigenvalue weighted by atomic mass is 127. The van der Waals surface area contributed by atoms with E-state index in [-0.39, 0.29) is 0 Å². The summed E-state index contributed by atoms with van der Waals surface area (Å²) in [4.78, 5) is 21.0. The summed E-state index contributed by atoms with van der Waals surface area (Å²) in [7, 11) is 0. The van der Waals surface area contributed by atoms with E-state index in [1.165, 1.54) is 64.6 Å². The molecule has 10 aromatic heterocycles. The van der Waals surface area contributed by atoms with E-state index in [1.54, 1.807) is 0 Å². The quantitative estimate of drug-likeness (QED) is 0.132. The predicted octanol–water partition coefficient (Wildman–Crippen LogP) is 25.5. The number of fused-ring (bicyclic) bond motifs is 21. The van der Waals surface area contributed by atoms with Crippen LogP contribution in [0.15, 0.2) is 388 Å². The van der Waals surface area contributed by atoms with Crippen LogP contribution in [0.3, 0.4) is 0 Å². The van der Waals surface area contributed by atoms with E-state index in [0.717, 1.165) is 126 Å². The number of para-hydroxylation sites is 14. The molecule has 0 aliphatic heterocycles. The summed E-state index contributed by atoms with van der Waals surface area (Å²) in [6, 6.07) is 135. The zero-order chi connectivity index (χ0) is 77.2. The molecule has 10 heterocycles. The first-order chi connectivity index (χ1) is 58.0. The highest BCUT2D eigenvalue weighted by Crippen LogP contribution is 2.41. The average molecular weight is 1610 g/mol. The van der Waals surface area contributed by atoms with E-state index < -0.39 is 0 Å². The van der Waals surface area contributed by atoms with Crippen molar-refractivity contribution in [3.63, 3.8) is 0 Å². The van der Waals surface area contributed by atoms with E-state index in [0.29, 0.717) is 17.8 Å². The van der Waals surface area contributed by atoms with Crippen molar-refractivity contribution < 1.29 is 4.74 Å². The Morgan fingerprint density at radius 1 is 0.179 bits per heavy atom. The van der Waals surface area contributed by atoms with Crippen molar-refractivity contribution in [3.05, 3.63) is 392 Å². The molecule has 15 aromatic carbocycles. The van der Waals surface area contributed by atoms with Crippen LogP contribution in [-0.2, 0) is 0 Å². The predicted molar refractivity (Wildman–Crippen MR) is 486 cm³/mol. The molecule has 0 amide bonds. The topological polar surface area (TPSA) is 121 Å². The molecule has 0 unspecified atom stereocenters.